The number of rotatable bonds is 7. The minimum absolute atomic E-state index is 0.101. The van der Waals surface area contributed by atoms with E-state index >= 15 is 0 Å². The average molecular weight is 407 g/mol. The second-order valence-electron chi connectivity index (χ2n) is 8.19. The van der Waals surface area contributed by atoms with Gasteiger partial charge in [-0.05, 0) is 19.1 Å². The molecule has 2 aromatic rings. The van der Waals surface area contributed by atoms with Gasteiger partial charge in [0.1, 0.15) is 6.04 Å². The summed E-state index contributed by atoms with van der Waals surface area (Å²) in [5.74, 6) is -0.771. The zero-order chi connectivity index (χ0) is 21.1. The molecule has 0 spiro atoms. The zero-order valence-electron chi connectivity index (χ0n) is 17.3. The highest BCUT2D eigenvalue weighted by Gasteiger charge is 2.35. The summed E-state index contributed by atoms with van der Waals surface area (Å²) in [4.78, 5) is 40.1. The molecule has 2 aliphatic heterocycles. The largest absolute Gasteiger partial charge is 0.350 e. The minimum atomic E-state index is -0.317. The number of carbonyl (C=O) groups is 3. The van der Waals surface area contributed by atoms with Gasteiger partial charge in [0.25, 0.3) is 11.8 Å². The Morgan fingerprint density at radius 2 is 1.60 bits per heavy atom. The van der Waals surface area contributed by atoms with Crippen LogP contribution in [-0.4, -0.2) is 48.8 Å². The maximum Gasteiger partial charge on any atom is 0.261 e. The van der Waals surface area contributed by atoms with E-state index in [1.54, 1.807) is 24.3 Å². The number of hydrogen-bond acceptors (Lipinski definition) is 3. The van der Waals surface area contributed by atoms with E-state index in [0.717, 1.165) is 13.1 Å². The van der Waals surface area contributed by atoms with Crippen molar-refractivity contribution < 1.29 is 19.3 Å². The molecule has 4 rings (SSSR count). The van der Waals surface area contributed by atoms with Crippen molar-refractivity contribution >= 4 is 17.7 Å². The third-order valence-electron chi connectivity index (χ3n) is 6.16. The molecule has 0 radical (unpaired) electrons. The molecule has 0 unspecified atom stereocenters. The molecule has 1 saturated heterocycles. The fraction of sp³-hybridized carbons (Fsp3) is 0.375. The molecule has 3 amide bonds. The van der Waals surface area contributed by atoms with Gasteiger partial charge < -0.3 is 10.2 Å². The Bertz CT molecular complexity index is 913. The molecule has 1 fully saturated rings. The van der Waals surface area contributed by atoms with Gasteiger partial charge in [0.2, 0.25) is 5.91 Å². The summed E-state index contributed by atoms with van der Waals surface area (Å²) in [6.45, 7) is 4.96. The number of carbonyl (C=O) groups excluding carboxylic acids is 3. The summed E-state index contributed by atoms with van der Waals surface area (Å²) in [6, 6.07) is 15.5. The summed E-state index contributed by atoms with van der Waals surface area (Å²) in [7, 11) is 0. The van der Waals surface area contributed by atoms with Gasteiger partial charge in [-0.15, -0.1) is 0 Å². The number of hydrogen-bond donors (Lipinski definition) is 2. The number of quaternary nitrogens is 1. The Morgan fingerprint density at radius 3 is 2.20 bits per heavy atom. The summed E-state index contributed by atoms with van der Waals surface area (Å²) < 4.78 is 0. The maximum atomic E-state index is 12.5. The van der Waals surface area contributed by atoms with Gasteiger partial charge in [-0.2, -0.15) is 0 Å². The lowest BCUT2D eigenvalue weighted by atomic mass is 10.0. The van der Waals surface area contributed by atoms with Gasteiger partial charge in [-0.1, -0.05) is 42.0 Å². The number of amides is 3. The Kier molecular flexibility index (Phi) is 5.95. The van der Waals surface area contributed by atoms with Crippen LogP contribution in [0.25, 0.3) is 0 Å². The van der Waals surface area contributed by atoms with Crippen LogP contribution in [-0.2, 0) is 4.79 Å². The molecule has 6 heteroatoms. The number of likely N-dealkylation sites (tertiary alicyclic amines) is 1. The third-order valence-corrected chi connectivity index (χ3v) is 6.16. The quantitative estimate of drug-likeness (QED) is 0.685. The Hall–Kier alpha value is -2.99. The predicted molar refractivity (Wildman–Crippen MR) is 113 cm³/mol. The van der Waals surface area contributed by atoms with Crippen molar-refractivity contribution in [3.8, 4) is 0 Å². The first-order chi connectivity index (χ1) is 14.5. The molecule has 1 atom stereocenters. The highest BCUT2D eigenvalue weighted by molar-refractivity contribution is 6.21. The first kappa shape index (κ1) is 20.3. The number of benzene rings is 2. The first-order valence-electron chi connectivity index (χ1n) is 10.7. The van der Waals surface area contributed by atoms with E-state index in [1.165, 1.54) is 33.8 Å². The smallest absolute Gasteiger partial charge is 0.261 e. The highest BCUT2D eigenvalue weighted by atomic mass is 16.2. The molecule has 2 aromatic carbocycles. The van der Waals surface area contributed by atoms with E-state index in [4.69, 9.17) is 0 Å². The van der Waals surface area contributed by atoms with E-state index in [-0.39, 0.29) is 36.7 Å². The number of aryl methyl sites for hydroxylation is 1. The van der Waals surface area contributed by atoms with Crippen molar-refractivity contribution in [2.24, 2.45) is 0 Å². The molecule has 6 nitrogen and oxygen atoms in total. The van der Waals surface area contributed by atoms with Crippen LogP contribution in [0.15, 0.2) is 48.5 Å². The van der Waals surface area contributed by atoms with Crippen molar-refractivity contribution in [1.29, 1.82) is 0 Å². The number of fused-ring (bicyclic) bond motifs is 1. The molecule has 0 bridgehead atoms. The number of imide groups is 1. The Balaban J connectivity index is 1.34. The summed E-state index contributed by atoms with van der Waals surface area (Å²) in [5.41, 5.74) is 3.29. The van der Waals surface area contributed by atoms with E-state index in [1.807, 2.05) is 0 Å². The van der Waals surface area contributed by atoms with Gasteiger partial charge in [0.15, 0.2) is 0 Å². The van der Waals surface area contributed by atoms with E-state index in [9.17, 15) is 14.4 Å². The maximum absolute atomic E-state index is 12.5. The molecule has 2 N–H and O–H groups in total. The SMILES string of the molecule is Cc1ccc([C@H](CNC(=O)CCN2C(=O)c3ccccc3C2=O)[NH+]2CCCC2)cc1. The van der Waals surface area contributed by atoms with Gasteiger partial charge in [-0.25, -0.2) is 0 Å². The Morgan fingerprint density at radius 1 is 1.00 bits per heavy atom. The van der Waals surface area contributed by atoms with Gasteiger partial charge in [0.05, 0.1) is 30.8 Å². The van der Waals surface area contributed by atoms with Crippen LogP contribution in [0.4, 0.5) is 0 Å². The second kappa shape index (κ2) is 8.79. The van der Waals surface area contributed by atoms with Crippen molar-refractivity contribution in [3.05, 3.63) is 70.8 Å². The molecule has 2 aliphatic rings. The normalized spacial score (nSPS) is 17.3. The van der Waals surface area contributed by atoms with Gasteiger partial charge in [0, 0.05) is 31.4 Å². The molecule has 30 heavy (non-hydrogen) atoms. The van der Waals surface area contributed by atoms with E-state index < -0.39 is 0 Å². The molecule has 156 valence electrons. The lowest BCUT2D eigenvalue weighted by Crippen LogP contribution is -3.11. The molecular formula is C24H28N3O3+. The minimum Gasteiger partial charge on any atom is -0.350 e. The average Bonchev–Trinajstić information content (AvgIpc) is 3.36. The van der Waals surface area contributed by atoms with E-state index in [2.05, 4.69) is 36.5 Å². The van der Waals surface area contributed by atoms with Crippen molar-refractivity contribution in [2.75, 3.05) is 26.2 Å². The van der Waals surface area contributed by atoms with Crippen molar-refractivity contribution in [1.82, 2.24) is 10.2 Å². The lowest BCUT2D eigenvalue weighted by Gasteiger charge is -2.25. The third kappa shape index (κ3) is 4.14. The van der Waals surface area contributed by atoms with Crippen molar-refractivity contribution in [2.45, 2.75) is 32.2 Å². The number of nitrogens with zero attached hydrogens (tertiary/aromatic N) is 1. The Labute approximate surface area is 176 Å². The predicted octanol–water partition coefficient (Wildman–Crippen LogP) is 1.52. The number of nitrogens with one attached hydrogen (secondary N) is 2. The van der Waals surface area contributed by atoms with Crippen LogP contribution >= 0.6 is 0 Å². The highest BCUT2D eigenvalue weighted by Crippen LogP contribution is 2.22. The monoisotopic (exact) mass is 406 g/mol. The summed E-state index contributed by atoms with van der Waals surface area (Å²) >= 11 is 0. The lowest BCUT2D eigenvalue weighted by molar-refractivity contribution is -0.918. The fourth-order valence-corrected chi connectivity index (χ4v) is 4.43. The summed E-state index contributed by atoms with van der Waals surface area (Å²) in [5, 5.41) is 3.04. The molecular weight excluding hydrogens is 378 g/mol. The van der Waals surface area contributed by atoms with E-state index in [0.29, 0.717) is 17.7 Å². The van der Waals surface area contributed by atoms with Crippen LogP contribution < -0.4 is 10.2 Å². The van der Waals surface area contributed by atoms with Crippen LogP contribution in [0.5, 0.6) is 0 Å². The standard InChI is InChI=1S/C24H27N3O3/c1-17-8-10-18(11-9-17)21(26-13-4-5-14-26)16-25-22(28)12-15-27-23(29)19-6-2-3-7-20(19)24(27)30/h2-3,6-11,21H,4-5,12-16H2,1H3,(H,25,28)/p+1/t21-/m0/s1. The zero-order valence-corrected chi connectivity index (χ0v) is 17.3. The second-order valence-corrected chi connectivity index (χ2v) is 8.19. The first-order valence-corrected chi connectivity index (χ1v) is 10.7. The molecule has 0 aliphatic carbocycles. The topological polar surface area (TPSA) is 70.9 Å². The fourth-order valence-electron chi connectivity index (χ4n) is 4.43. The van der Waals surface area contributed by atoms with Crippen LogP contribution in [0.2, 0.25) is 0 Å². The summed E-state index contributed by atoms with van der Waals surface area (Å²) in [6.07, 6.45) is 2.54. The van der Waals surface area contributed by atoms with Crippen molar-refractivity contribution in [3.63, 3.8) is 0 Å². The molecule has 2 heterocycles. The van der Waals surface area contributed by atoms with Crippen LogP contribution in [0.3, 0.4) is 0 Å². The van der Waals surface area contributed by atoms with Crippen LogP contribution in [0.1, 0.15) is 57.1 Å². The van der Waals surface area contributed by atoms with Gasteiger partial charge in [-0.3, -0.25) is 19.3 Å². The van der Waals surface area contributed by atoms with Crippen LogP contribution in [0, 0.1) is 6.92 Å². The molecule has 0 saturated carbocycles. The molecule has 0 aromatic heterocycles. The van der Waals surface area contributed by atoms with Gasteiger partial charge >= 0.3 is 0 Å².